The van der Waals surface area contributed by atoms with E-state index >= 15 is 0 Å². The number of nitrogens with zero attached hydrogens (tertiary/aromatic N) is 3. The third kappa shape index (κ3) is 4.42. The van der Waals surface area contributed by atoms with E-state index < -0.39 is 28.7 Å². The zero-order chi connectivity index (χ0) is 21.0. The van der Waals surface area contributed by atoms with Crippen molar-refractivity contribution in [1.82, 2.24) is 4.90 Å². The molecule has 1 N–H and O–H groups in total. The number of rotatable bonds is 7. The van der Waals surface area contributed by atoms with Gasteiger partial charge in [-0.3, -0.25) is 19.9 Å². The molecule has 1 heterocycles. The average molecular weight is 389 g/mol. The van der Waals surface area contributed by atoms with Gasteiger partial charge in [-0.1, -0.05) is 12.1 Å². The molecule has 1 aromatic carbocycles. The quantitative estimate of drug-likeness (QED) is 0.431. The Labute approximate surface area is 162 Å². The Bertz CT molecular complexity index is 859. The first-order chi connectivity index (χ1) is 13.2. The molecule has 0 radical (unpaired) electrons. The van der Waals surface area contributed by atoms with Crippen LogP contribution < -0.4 is 0 Å². The molecule has 150 valence electrons. The summed E-state index contributed by atoms with van der Waals surface area (Å²) in [6.07, 6.45) is 0.409. The average Bonchev–Trinajstić information content (AvgIpc) is 2.64. The van der Waals surface area contributed by atoms with Gasteiger partial charge in [-0.05, 0) is 26.6 Å². The lowest BCUT2D eigenvalue weighted by Crippen LogP contribution is -2.36. The summed E-state index contributed by atoms with van der Waals surface area (Å²) in [5.74, 6) is -3.91. The number of carbonyl (C=O) groups is 2. The molecule has 9 heteroatoms. The van der Waals surface area contributed by atoms with E-state index in [9.17, 15) is 24.8 Å². The van der Waals surface area contributed by atoms with Gasteiger partial charge in [0.2, 0.25) is 0 Å². The minimum atomic E-state index is -1.16. The molecule has 0 spiro atoms. The van der Waals surface area contributed by atoms with Crippen molar-refractivity contribution in [2.24, 2.45) is 10.9 Å². The number of esters is 1. The summed E-state index contributed by atoms with van der Waals surface area (Å²) >= 11 is 0. The number of hydrogen-bond donors (Lipinski definition) is 1. The first kappa shape index (κ1) is 21.2. The Kier molecular flexibility index (Phi) is 6.63. The van der Waals surface area contributed by atoms with Gasteiger partial charge in [0, 0.05) is 36.7 Å². The molecule has 2 atom stereocenters. The molecule has 0 bridgehead atoms. The number of non-ortho nitro benzene ring substituents is 1. The first-order valence-electron chi connectivity index (χ1n) is 8.65. The largest absolute Gasteiger partial charge is 0.481 e. The zero-order valence-corrected chi connectivity index (χ0v) is 16.2. The van der Waals surface area contributed by atoms with Crippen molar-refractivity contribution in [2.75, 3.05) is 27.7 Å². The van der Waals surface area contributed by atoms with Gasteiger partial charge < -0.3 is 14.7 Å². The van der Waals surface area contributed by atoms with Crippen molar-refractivity contribution >= 4 is 23.3 Å². The van der Waals surface area contributed by atoms with Crippen LogP contribution >= 0.6 is 0 Å². The number of nitro benzene ring substituents is 1. The number of carbonyl (C=O) groups excluding carboxylic acids is 1. The molecule has 1 aliphatic rings. The second-order valence-electron chi connectivity index (χ2n) is 6.80. The summed E-state index contributed by atoms with van der Waals surface area (Å²) in [7, 11) is 4.95. The topological polar surface area (TPSA) is 122 Å². The van der Waals surface area contributed by atoms with Crippen LogP contribution in [-0.2, 0) is 14.3 Å². The molecule has 2 unspecified atom stereocenters. The fourth-order valence-corrected chi connectivity index (χ4v) is 3.32. The molecule has 0 saturated heterocycles. The van der Waals surface area contributed by atoms with Crippen molar-refractivity contribution in [3.8, 4) is 0 Å². The minimum absolute atomic E-state index is 0.128. The van der Waals surface area contributed by atoms with E-state index in [1.54, 1.807) is 13.0 Å². The lowest BCUT2D eigenvalue weighted by Gasteiger charge is -2.31. The number of aliphatic imine (C=N–C) groups is 1. The number of methoxy groups -OCH3 is 1. The number of aliphatic carboxylic acids is 1. The van der Waals surface area contributed by atoms with Gasteiger partial charge in [0.25, 0.3) is 5.69 Å². The third-order valence-corrected chi connectivity index (χ3v) is 4.62. The highest BCUT2D eigenvalue weighted by Crippen LogP contribution is 2.41. The molecule has 2 rings (SSSR count). The van der Waals surface area contributed by atoms with Crippen molar-refractivity contribution in [1.29, 1.82) is 0 Å². The predicted molar refractivity (Wildman–Crippen MR) is 102 cm³/mol. The maximum atomic E-state index is 12.6. The van der Waals surface area contributed by atoms with Crippen LogP contribution in [0.3, 0.4) is 0 Å². The van der Waals surface area contributed by atoms with E-state index in [4.69, 9.17) is 4.74 Å². The van der Waals surface area contributed by atoms with Gasteiger partial charge in [-0.15, -0.1) is 0 Å². The molecule has 28 heavy (non-hydrogen) atoms. The maximum Gasteiger partial charge on any atom is 0.336 e. The van der Waals surface area contributed by atoms with Crippen LogP contribution in [-0.4, -0.2) is 60.3 Å². The van der Waals surface area contributed by atoms with Crippen LogP contribution in [0.1, 0.15) is 24.8 Å². The third-order valence-electron chi connectivity index (χ3n) is 4.62. The summed E-state index contributed by atoms with van der Waals surface area (Å²) in [5, 5.41) is 21.0. The van der Waals surface area contributed by atoms with Gasteiger partial charge in [0.15, 0.2) is 0 Å². The lowest BCUT2D eigenvalue weighted by atomic mass is 9.75. The SMILES string of the molecule is COC(=O)C1=C(CCN(C)C)N=C(C)C(C(=O)O)C1c1cccc([N+](=O)[O-])c1. The van der Waals surface area contributed by atoms with Gasteiger partial charge in [0.05, 0.1) is 23.3 Å². The molecule has 0 aromatic heterocycles. The minimum Gasteiger partial charge on any atom is -0.481 e. The van der Waals surface area contributed by atoms with E-state index in [2.05, 4.69) is 4.99 Å². The summed E-state index contributed by atoms with van der Waals surface area (Å²) in [5.41, 5.74) is 1.08. The molecule has 0 aliphatic carbocycles. The van der Waals surface area contributed by atoms with Gasteiger partial charge >= 0.3 is 11.9 Å². The molecular formula is C19H23N3O6. The summed E-state index contributed by atoms with van der Waals surface area (Å²) < 4.78 is 4.91. The standard InChI is InChI=1S/C19H23N3O6/c1-11-15(18(23)24)16(12-6-5-7-13(10-12)22(26)27)17(19(25)28-4)14(20-11)8-9-21(2)3/h5-7,10,15-16H,8-9H2,1-4H3,(H,23,24). The molecule has 0 amide bonds. The van der Waals surface area contributed by atoms with Crippen LogP contribution in [0.2, 0.25) is 0 Å². The van der Waals surface area contributed by atoms with E-state index in [-0.39, 0.29) is 11.3 Å². The van der Waals surface area contributed by atoms with Crippen molar-refractivity contribution < 1.29 is 24.4 Å². The second kappa shape index (κ2) is 8.75. The zero-order valence-electron chi connectivity index (χ0n) is 16.2. The lowest BCUT2D eigenvalue weighted by molar-refractivity contribution is -0.384. The Morgan fingerprint density at radius 1 is 1.36 bits per heavy atom. The summed E-state index contributed by atoms with van der Waals surface area (Å²) in [6.45, 7) is 2.18. The van der Waals surface area contributed by atoms with Crippen LogP contribution in [0.25, 0.3) is 0 Å². The molecule has 0 saturated carbocycles. The smallest absolute Gasteiger partial charge is 0.336 e. The fraction of sp³-hybridized carbons (Fsp3) is 0.421. The second-order valence-corrected chi connectivity index (χ2v) is 6.80. The van der Waals surface area contributed by atoms with Gasteiger partial charge in [0.1, 0.15) is 5.92 Å². The molecule has 0 fully saturated rings. The molecule has 1 aromatic rings. The summed E-state index contributed by atoms with van der Waals surface area (Å²) in [6, 6.07) is 5.67. The Morgan fingerprint density at radius 3 is 2.57 bits per heavy atom. The van der Waals surface area contributed by atoms with Crippen LogP contribution in [0.5, 0.6) is 0 Å². The van der Waals surface area contributed by atoms with Crippen molar-refractivity contribution in [3.63, 3.8) is 0 Å². The molecule has 1 aliphatic heterocycles. The monoisotopic (exact) mass is 389 g/mol. The highest BCUT2D eigenvalue weighted by Gasteiger charge is 2.42. The summed E-state index contributed by atoms with van der Waals surface area (Å²) in [4.78, 5) is 41.5. The van der Waals surface area contributed by atoms with E-state index in [0.29, 0.717) is 29.9 Å². The number of carboxylic acid groups (broad SMARTS) is 1. The van der Waals surface area contributed by atoms with Gasteiger partial charge in [-0.25, -0.2) is 4.79 Å². The van der Waals surface area contributed by atoms with Crippen LogP contribution in [0.15, 0.2) is 40.5 Å². The van der Waals surface area contributed by atoms with Crippen molar-refractivity contribution in [3.05, 3.63) is 51.2 Å². The fourth-order valence-electron chi connectivity index (χ4n) is 3.32. The highest BCUT2D eigenvalue weighted by atomic mass is 16.6. The number of ether oxygens (including phenoxy) is 1. The van der Waals surface area contributed by atoms with Crippen LogP contribution in [0, 0.1) is 16.0 Å². The van der Waals surface area contributed by atoms with Crippen molar-refractivity contribution in [2.45, 2.75) is 19.3 Å². The predicted octanol–water partition coefficient (Wildman–Crippen LogP) is 2.23. The maximum absolute atomic E-state index is 12.6. The Hall–Kier alpha value is -3.07. The highest BCUT2D eigenvalue weighted by molar-refractivity contribution is 6.06. The van der Waals surface area contributed by atoms with E-state index in [1.807, 2.05) is 19.0 Å². The van der Waals surface area contributed by atoms with Gasteiger partial charge in [-0.2, -0.15) is 0 Å². The molecular weight excluding hydrogens is 366 g/mol. The normalized spacial score (nSPS) is 19.4. The number of nitro groups is 1. The number of carboxylic acids is 1. The number of hydrogen-bond acceptors (Lipinski definition) is 7. The van der Waals surface area contributed by atoms with E-state index in [0.717, 1.165) is 0 Å². The van der Waals surface area contributed by atoms with E-state index in [1.165, 1.54) is 25.3 Å². The number of benzene rings is 1. The van der Waals surface area contributed by atoms with Crippen LogP contribution in [0.4, 0.5) is 5.69 Å². The Balaban J connectivity index is 2.71. The Morgan fingerprint density at radius 2 is 2.04 bits per heavy atom. The molecule has 9 nitrogen and oxygen atoms in total. The first-order valence-corrected chi connectivity index (χ1v) is 8.65.